The molecule has 0 spiro atoms. The van der Waals surface area contributed by atoms with E-state index < -0.39 is 11.6 Å². The number of benzene rings is 2. The number of nitrogens with zero attached hydrogens (tertiary/aromatic N) is 3. The largest absolute Gasteiger partial charge is 0.434 e. The van der Waals surface area contributed by atoms with Gasteiger partial charge in [-0.1, -0.05) is 12.1 Å². The summed E-state index contributed by atoms with van der Waals surface area (Å²) >= 11 is 1.40. The zero-order chi connectivity index (χ0) is 24.6. The van der Waals surface area contributed by atoms with Gasteiger partial charge in [0.25, 0.3) is 0 Å². The molecule has 36 heavy (non-hydrogen) atoms. The number of halogens is 2. The molecule has 176 valence electrons. The second kappa shape index (κ2) is 8.82. The quantitative estimate of drug-likeness (QED) is 0.285. The number of nitrogens with one attached hydrogen (secondary N) is 2. The van der Waals surface area contributed by atoms with Crippen molar-refractivity contribution >= 4 is 44.0 Å². The number of aromatic nitrogens is 4. The van der Waals surface area contributed by atoms with Gasteiger partial charge in [0.2, 0.25) is 11.3 Å². The molecule has 0 amide bonds. The van der Waals surface area contributed by atoms with E-state index in [1.165, 1.54) is 60.4 Å². The van der Waals surface area contributed by atoms with E-state index in [1.54, 1.807) is 18.2 Å². The lowest BCUT2D eigenvalue weighted by atomic mass is 10.0. The number of hydrogen-bond donors (Lipinski definition) is 2. The first kappa shape index (κ1) is 21.8. The Morgan fingerprint density at radius 1 is 1.00 bits per heavy atom. The molecular weight excluding hydrogens is 484 g/mol. The lowest BCUT2D eigenvalue weighted by molar-refractivity contribution is 0.432. The summed E-state index contributed by atoms with van der Waals surface area (Å²) in [6, 6.07) is 13.6. The third kappa shape index (κ3) is 3.93. The number of fused-ring (bicyclic) bond motifs is 2. The first-order valence-corrected chi connectivity index (χ1v) is 11.6. The molecule has 2 N–H and O–H groups in total. The number of anilines is 2. The van der Waals surface area contributed by atoms with Gasteiger partial charge in [-0.3, -0.25) is 4.79 Å². The summed E-state index contributed by atoms with van der Waals surface area (Å²) in [5, 5.41) is 5.13. The molecule has 0 unspecified atom stereocenters. The highest BCUT2D eigenvalue weighted by Crippen LogP contribution is 2.33. The molecular formula is C26H15F2N5O2S. The molecule has 0 saturated carbocycles. The third-order valence-corrected chi connectivity index (χ3v) is 6.43. The SMILES string of the molecule is O=c1c(-c2cccc(F)c2)c[nH]c2ccnc(Nc3ccc(Oc4ncnc5ccsc45)c(F)c3)c12. The number of H-pyrrole nitrogens is 1. The Bertz CT molecular complexity index is 1820. The molecule has 0 aliphatic carbocycles. The molecule has 0 atom stereocenters. The molecule has 0 saturated heterocycles. The molecule has 2 aromatic carbocycles. The summed E-state index contributed by atoms with van der Waals surface area (Å²) in [6.07, 6.45) is 4.42. The van der Waals surface area contributed by atoms with Gasteiger partial charge in [-0.25, -0.2) is 23.7 Å². The van der Waals surface area contributed by atoms with Crippen LogP contribution in [0.1, 0.15) is 0 Å². The minimum absolute atomic E-state index is 0.00827. The van der Waals surface area contributed by atoms with Crippen molar-refractivity contribution < 1.29 is 13.5 Å². The highest BCUT2D eigenvalue weighted by molar-refractivity contribution is 7.17. The Kier molecular flexibility index (Phi) is 5.34. The van der Waals surface area contributed by atoms with Crippen LogP contribution in [0.25, 0.3) is 32.2 Å². The molecule has 0 fully saturated rings. The van der Waals surface area contributed by atoms with Crippen molar-refractivity contribution in [2.24, 2.45) is 0 Å². The highest BCUT2D eigenvalue weighted by atomic mass is 32.1. The van der Waals surface area contributed by atoms with E-state index in [0.717, 1.165) is 0 Å². The van der Waals surface area contributed by atoms with E-state index >= 15 is 0 Å². The molecule has 10 heteroatoms. The van der Waals surface area contributed by atoms with E-state index in [-0.39, 0.29) is 33.8 Å². The molecule has 6 rings (SSSR count). The lowest BCUT2D eigenvalue weighted by Crippen LogP contribution is -2.10. The molecule has 6 aromatic rings. The summed E-state index contributed by atoms with van der Waals surface area (Å²) in [4.78, 5) is 28.9. The van der Waals surface area contributed by atoms with Gasteiger partial charge >= 0.3 is 0 Å². The van der Waals surface area contributed by atoms with Crippen molar-refractivity contribution in [3.8, 4) is 22.8 Å². The van der Waals surface area contributed by atoms with Crippen LogP contribution in [0.3, 0.4) is 0 Å². The van der Waals surface area contributed by atoms with Crippen LogP contribution in [0.5, 0.6) is 11.6 Å². The monoisotopic (exact) mass is 499 g/mol. The summed E-state index contributed by atoms with van der Waals surface area (Å²) in [5.41, 5.74) is 1.99. The molecule has 4 heterocycles. The minimum atomic E-state index is -0.627. The van der Waals surface area contributed by atoms with Crippen LogP contribution in [0.2, 0.25) is 0 Å². The minimum Gasteiger partial charge on any atom is -0.434 e. The molecule has 7 nitrogen and oxygen atoms in total. The van der Waals surface area contributed by atoms with E-state index in [2.05, 4.69) is 25.3 Å². The van der Waals surface area contributed by atoms with Crippen LogP contribution in [-0.2, 0) is 0 Å². The molecule has 4 aromatic heterocycles. The number of aromatic amines is 1. The first-order chi connectivity index (χ1) is 17.6. The Hall–Kier alpha value is -4.70. The smallest absolute Gasteiger partial charge is 0.240 e. The van der Waals surface area contributed by atoms with E-state index in [4.69, 9.17) is 4.74 Å². The maximum Gasteiger partial charge on any atom is 0.240 e. The highest BCUT2D eigenvalue weighted by Gasteiger charge is 2.15. The van der Waals surface area contributed by atoms with Crippen molar-refractivity contribution in [1.29, 1.82) is 0 Å². The zero-order valence-electron chi connectivity index (χ0n) is 18.3. The van der Waals surface area contributed by atoms with Crippen molar-refractivity contribution in [2.75, 3.05) is 5.32 Å². The second-order valence-electron chi connectivity index (χ2n) is 7.81. The average Bonchev–Trinajstić information content (AvgIpc) is 3.36. The summed E-state index contributed by atoms with van der Waals surface area (Å²) < 4.78 is 35.1. The fourth-order valence-corrected chi connectivity index (χ4v) is 4.64. The van der Waals surface area contributed by atoms with Gasteiger partial charge in [0.05, 0.1) is 16.4 Å². The number of hydrogen-bond acceptors (Lipinski definition) is 7. The molecule has 0 bridgehead atoms. The summed E-state index contributed by atoms with van der Waals surface area (Å²) in [7, 11) is 0. The Labute approximate surface area is 206 Å². The van der Waals surface area contributed by atoms with Crippen LogP contribution in [0.4, 0.5) is 20.3 Å². The van der Waals surface area contributed by atoms with Crippen molar-refractivity contribution in [3.63, 3.8) is 0 Å². The first-order valence-electron chi connectivity index (χ1n) is 10.8. The van der Waals surface area contributed by atoms with E-state index in [9.17, 15) is 13.6 Å². The van der Waals surface area contributed by atoms with Gasteiger partial charge in [-0.2, -0.15) is 0 Å². The topological polar surface area (TPSA) is 92.8 Å². The molecule has 0 aliphatic heterocycles. The van der Waals surface area contributed by atoms with Gasteiger partial charge in [0, 0.05) is 29.7 Å². The van der Waals surface area contributed by atoms with Crippen molar-refractivity contribution in [2.45, 2.75) is 0 Å². The van der Waals surface area contributed by atoms with Crippen LogP contribution in [0, 0.1) is 11.6 Å². The van der Waals surface area contributed by atoms with Crippen LogP contribution in [0.15, 0.2) is 83.5 Å². The van der Waals surface area contributed by atoms with E-state index in [1.807, 2.05) is 11.4 Å². The van der Waals surface area contributed by atoms with Crippen molar-refractivity contribution in [1.82, 2.24) is 19.9 Å². The predicted molar refractivity (Wildman–Crippen MR) is 135 cm³/mol. The standard InChI is InChI=1S/C26H15F2N5O2S/c27-15-3-1-2-14(10-15)17-12-30-19-6-8-29-25(22(19)23(17)34)33-16-4-5-21(18(28)11-16)35-26-24-20(7-9-36-24)31-13-32-26/h1-13H,(H,29,33)(H,30,34). The van der Waals surface area contributed by atoms with Gasteiger partial charge in [-0.05, 0) is 47.3 Å². The zero-order valence-corrected chi connectivity index (χ0v) is 19.1. The normalized spacial score (nSPS) is 11.2. The lowest BCUT2D eigenvalue weighted by Gasteiger charge is -2.12. The fraction of sp³-hybridized carbons (Fsp3) is 0. The molecule has 0 aliphatic rings. The number of pyridine rings is 2. The van der Waals surface area contributed by atoms with Crippen molar-refractivity contribution in [3.05, 3.63) is 101 Å². The summed E-state index contributed by atoms with van der Waals surface area (Å²) in [5.74, 6) is -0.585. The Morgan fingerprint density at radius 3 is 2.78 bits per heavy atom. The number of thiophene rings is 1. The second-order valence-corrected chi connectivity index (χ2v) is 8.73. The van der Waals surface area contributed by atoms with Crippen LogP contribution < -0.4 is 15.5 Å². The summed E-state index contributed by atoms with van der Waals surface area (Å²) in [6.45, 7) is 0. The Morgan fingerprint density at radius 2 is 1.92 bits per heavy atom. The predicted octanol–water partition coefficient (Wildman–Crippen LogP) is 6.41. The number of ether oxygens (including phenoxy) is 1. The maximum atomic E-state index is 15.0. The third-order valence-electron chi connectivity index (χ3n) is 5.54. The van der Waals surface area contributed by atoms with Gasteiger partial charge in [-0.15, -0.1) is 11.3 Å². The van der Waals surface area contributed by atoms with Crippen LogP contribution in [-0.4, -0.2) is 19.9 Å². The maximum absolute atomic E-state index is 15.0. The average molecular weight is 500 g/mol. The van der Waals surface area contributed by atoms with Gasteiger partial charge in [0.15, 0.2) is 11.6 Å². The van der Waals surface area contributed by atoms with Crippen LogP contribution >= 0.6 is 11.3 Å². The van der Waals surface area contributed by atoms with Gasteiger partial charge < -0.3 is 15.0 Å². The van der Waals surface area contributed by atoms with Gasteiger partial charge in [0.1, 0.15) is 22.7 Å². The molecule has 0 radical (unpaired) electrons. The van der Waals surface area contributed by atoms with E-state index in [0.29, 0.717) is 27.0 Å². The fourth-order valence-electron chi connectivity index (χ4n) is 3.87. The Balaban J connectivity index is 1.35. The number of rotatable bonds is 5.